The highest BCUT2D eigenvalue weighted by Crippen LogP contribution is 2.21. The fraction of sp³-hybridized carbons (Fsp3) is 0.750. The number of unbranched alkanes of at least 4 members (excludes halogenated alkanes) is 2. The molecule has 1 rings (SSSR count). The summed E-state index contributed by atoms with van der Waals surface area (Å²) in [6, 6.07) is 5.71. The van der Waals surface area contributed by atoms with Gasteiger partial charge in [-0.15, -0.1) is 0 Å². The van der Waals surface area contributed by atoms with Crippen LogP contribution in [0.25, 0.3) is 0 Å². The van der Waals surface area contributed by atoms with Crippen molar-refractivity contribution in [2.45, 2.75) is 107 Å². The summed E-state index contributed by atoms with van der Waals surface area (Å²) in [5, 5.41) is 0. The van der Waals surface area contributed by atoms with Crippen LogP contribution >= 0.6 is 0 Å². The Kier molecular flexibility index (Phi) is 27.1. The Morgan fingerprint density at radius 3 is 1.50 bits per heavy atom. The Labute approximate surface area is 165 Å². The lowest BCUT2D eigenvalue weighted by atomic mass is 10.0. The van der Waals surface area contributed by atoms with Gasteiger partial charge in [0.15, 0.2) is 0 Å². The predicted molar refractivity (Wildman–Crippen MR) is 122 cm³/mol. The molecule has 0 amide bonds. The highest BCUT2D eigenvalue weighted by Gasteiger charge is 1.96. The number of ether oxygens (including phenoxy) is 1. The molecule has 2 N–H and O–H groups in total. The summed E-state index contributed by atoms with van der Waals surface area (Å²) in [6.07, 6.45) is 10.8. The second-order valence-corrected chi connectivity index (χ2v) is 6.93. The minimum absolute atomic E-state index is 0.688. The number of hydrogen-bond acceptors (Lipinski definition) is 2. The molecule has 2 nitrogen and oxygen atoms in total. The van der Waals surface area contributed by atoms with Gasteiger partial charge in [-0.3, -0.25) is 0 Å². The van der Waals surface area contributed by atoms with E-state index in [2.05, 4.69) is 48.5 Å². The fourth-order valence-electron chi connectivity index (χ4n) is 1.95. The molecule has 0 radical (unpaired) electrons. The molecule has 0 fully saturated rings. The summed E-state index contributed by atoms with van der Waals surface area (Å²) in [5.41, 5.74) is 7.42. The topological polar surface area (TPSA) is 35.2 Å². The van der Waals surface area contributed by atoms with E-state index in [1.807, 2.05) is 25.1 Å². The number of nitrogens with two attached hydrogens (primary N) is 1. The first-order valence-electron chi connectivity index (χ1n) is 10.8. The van der Waals surface area contributed by atoms with Crippen molar-refractivity contribution in [2.24, 2.45) is 5.92 Å². The van der Waals surface area contributed by atoms with Crippen LogP contribution < -0.4 is 10.5 Å². The van der Waals surface area contributed by atoms with Crippen LogP contribution in [-0.2, 0) is 0 Å². The minimum Gasteiger partial charge on any atom is -0.495 e. The maximum absolute atomic E-state index is 5.57. The molecule has 0 bridgehead atoms. The van der Waals surface area contributed by atoms with E-state index in [-0.39, 0.29) is 0 Å². The quantitative estimate of drug-likeness (QED) is 0.491. The number of nitrogen functional groups attached to an aromatic ring is 1. The average Bonchev–Trinajstić information content (AvgIpc) is 2.65. The van der Waals surface area contributed by atoms with Crippen molar-refractivity contribution in [3.05, 3.63) is 23.8 Å². The zero-order valence-corrected chi connectivity index (χ0v) is 19.5. The molecule has 0 aliphatic heterocycles. The van der Waals surface area contributed by atoms with Gasteiger partial charge in [0.05, 0.1) is 12.8 Å². The van der Waals surface area contributed by atoms with Crippen LogP contribution in [0.15, 0.2) is 18.2 Å². The molecule has 0 aliphatic rings. The maximum atomic E-state index is 5.57. The lowest BCUT2D eigenvalue weighted by molar-refractivity contribution is 0.416. The van der Waals surface area contributed by atoms with Gasteiger partial charge >= 0.3 is 0 Å². The average molecular weight is 368 g/mol. The molecule has 0 aliphatic carbocycles. The van der Waals surface area contributed by atoms with Crippen molar-refractivity contribution in [1.29, 1.82) is 0 Å². The first-order chi connectivity index (χ1) is 12.4. The minimum atomic E-state index is 0.688. The second kappa shape index (κ2) is 23.8. The lowest BCUT2D eigenvalue weighted by Gasteiger charge is -2.05. The van der Waals surface area contributed by atoms with Crippen LogP contribution in [-0.4, -0.2) is 7.11 Å². The van der Waals surface area contributed by atoms with Crippen LogP contribution in [0.3, 0.4) is 0 Å². The normalized spacial score (nSPS) is 9.15. The number of anilines is 1. The van der Waals surface area contributed by atoms with Gasteiger partial charge in [0.1, 0.15) is 5.75 Å². The highest BCUT2D eigenvalue weighted by molar-refractivity contribution is 5.53. The Balaban J connectivity index is -0.000000296. The Hall–Kier alpha value is -1.18. The van der Waals surface area contributed by atoms with Crippen LogP contribution in [0.1, 0.15) is 105 Å². The second-order valence-electron chi connectivity index (χ2n) is 6.93. The van der Waals surface area contributed by atoms with Gasteiger partial charge in [-0.05, 0) is 30.5 Å². The first kappa shape index (κ1) is 29.6. The van der Waals surface area contributed by atoms with Gasteiger partial charge in [-0.1, -0.05) is 106 Å². The third-order valence-electron chi connectivity index (χ3n) is 3.95. The summed E-state index contributed by atoms with van der Waals surface area (Å²) in [7, 11) is 1.62. The number of rotatable bonds is 7. The van der Waals surface area contributed by atoms with E-state index in [1.165, 1.54) is 51.4 Å². The monoisotopic (exact) mass is 367 g/mol. The molecule has 1 aromatic carbocycles. The molecule has 0 spiro atoms. The Morgan fingerprint density at radius 2 is 1.23 bits per heavy atom. The standard InChI is InChI=1S/C8H11NO.C8H18.2C4H10/c1-6-3-4-7(9)8(5-6)10-2;1-4-6-8(3)7-5-2;2*1-3-4-2/h3-5H,9H2,1-2H3;8H,4-7H2,1-3H3;2*3-4H2,1-2H3. The molecule has 26 heavy (non-hydrogen) atoms. The van der Waals surface area contributed by atoms with Crippen molar-refractivity contribution in [1.82, 2.24) is 0 Å². The lowest BCUT2D eigenvalue weighted by Crippen LogP contribution is -1.91. The Morgan fingerprint density at radius 1 is 0.808 bits per heavy atom. The van der Waals surface area contributed by atoms with E-state index in [4.69, 9.17) is 10.5 Å². The van der Waals surface area contributed by atoms with Gasteiger partial charge in [0, 0.05) is 0 Å². The molecule has 1 aromatic rings. The first-order valence-corrected chi connectivity index (χ1v) is 10.8. The number of methoxy groups -OCH3 is 1. The van der Waals surface area contributed by atoms with Crippen LogP contribution in [0.4, 0.5) is 5.69 Å². The number of hydrogen-bond donors (Lipinski definition) is 1. The van der Waals surface area contributed by atoms with Crippen LogP contribution in [0, 0.1) is 12.8 Å². The van der Waals surface area contributed by atoms with Crippen molar-refractivity contribution in [3.63, 3.8) is 0 Å². The van der Waals surface area contributed by atoms with Gasteiger partial charge in [-0.2, -0.15) is 0 Å². The van der Waals surface area contributed by atoms with Crippen molar-refractivity contribution in [2.75, 3.05) is 12.8 Å². The summed E-state index contributed by atoms with van der Waals surface area (Å²) in [6.45, 7) is 17.6. The summed E-state index contributed by atoms with van der Waals surface area (Å²) in [5.74, 6) is 1.71. The molecule has 0 saturated carbocycles. The van der Waals surface area contributed by atoms with E-state index in [1.54, 1.807) is 7.11 Å². The molecule has 156 valence electrons. The molecule has 2 heteroatoms. The van der Waals surface area contributed by atoms with Gasteiger partial charge in [0.2, 0.25) is 0 Å². The highest BCUT2D eigenvalue weighted by atomic mass is 16.5. The van der Waals surface area contributed by atoms with E-state index in [0.29, 0.717) is 5.69 Å². The van der Waals surface area contributed by atoms with Gasteiger partial charge in [0.25, 0.3) is 0 Å². The van der Waals surface area contributed by atoms with Gasteiger partial charge in [-0.25, -0.2) is 0 Å². The molecular formula is C24H49NO. The predicted octanol–water partition coefficient (Wildman–Crippen LogP) is 8.42. The van der Waals surface area contributed by atoms with E-state index in [9.17, 15) is 0 Å². The van der Waals surface area contributed by atoms with E-state index < -0.39 is 0 Å². The number of aryl methyl sites for hydroxylation is 1. The molecule has 0 saturated heterocycles. The zero-order chi connectivity index (χ0) is 20.8. The van der Waals surface area contributed by atoms with Crippen molar-refractivity contribution < 1.29 is 4.74 Å². The summed E-state index contributed by atoms with van der Waals surface area (Å²) < 4.78 is 5.00. The van der Waals surface area contributed by atoms with Crippen molar-refractivity contribution in [3.8, 4) is 5.75 Å². The molecule has 0 atom stereocenters. The molecule has 0 aromatic heterocycles. The third-order valence-corrected chi connectivity index (χ3v) is 3.95. The van der Waals surface area contributed by atoms with Crippen LogP contribution in [0.5, 0.6) is 5.75 Å². The fourth-order valence-corrected chi connectivity index (χ4v) is 1.95. The van der Waals surface area contributed by atoms with E-state index >= 15 is 0 Å². The van der Waals surface area contributed by atoms with E-state index in [0.717, 1.165) is 17.2 Å². The Bertz CT molecular complexity index is 362. The molecular weight excluding hydrogens is 318 g/mol. The van der Waals surface area contributed by atoms with Gasteiger partial charge < -0.3 is 10.5 Å². The largest absolute Gasteiger partial charge is 0.495 e. The summed E-state index contributed by atoms with van der Waals surface area (Å²) in [4.78, 5) is 0. The molecule has 0 unspecified atom stereocenters. The SMILES string of the molecule is CCCC.CCCC.CCCC(C)CCC.COc1cc(C)ccc1N. The third kappa shape index (κ3) is 22.8. The number of benzene rings is 1. The van der Waals surface area contributed by atoms with Crippen molar-refractivity contribution >= 4 is 5.69 Å². The summed E-state index contributed by atoms with van der Waals surface area (Å²) >= 11 is 0. The molecule has 0 heterocycles. The van der Waals surface area contributed by atoms with Crippen LogP contribution in [0.2, 0.25) is 0 Å². The smallest absolute Gasteiger partial charge is 0.142 e. The zero-order valence-electron chi connectivity index (χ0n) is 19.5. The maximum Gasteiger partial charge on any atom is 0.142 e.